The lowest BCUT2D eigenvalue weighted by molar-refractivity contribution is -0.120. The maximum atomic E-state index is 11.6. The first-order valence-corrected chi connectivity index (χ1v) is 11.2. The fourth-order valence-electron chi connectivity index (χ4n) is 4.09. The number of thiocarbonyl (C=S) groups is 1. The molecule has 0 radical (unpaired) electrons. The third kappa shape index (κ3) is 6.51. The lowest BCUT2D eigenvalue weighted by Crippen LogP contribution is -2.20. The molecule has 0 aliphatic heterocycles. The van der Waals surface area contributed by atoms with Crippen LogP contribution in [0.3, 0.4) is 0 Å². The summed E-state index contributed by atoms with van der Waals surface area (Å²) in [5.41, 5.74) is 4.02. The number of allylic oxidation sites excluding steroid dienone is 3. The van der Waals surface area contributed by atoms with E-state index in [1.807, 2.05) is 19.1 Å². The van der Waals surface area contributed by atoms with Gasteiger partial charge in [0.1, 0.15) is 18.1 Å². The third-order valence-corrected chi connectivity index (χ3v) is 5.93. The molecule has 4 nitrogen and oxygen atoms in total. The summed E-state index contributed by atoms with van der Waals surface area (Å²) in [6, 6.07) is 3.76. The number of ether oxygens (including phenoxy) is 1. The molecule has 2 atom stereocenters. The van der Waals surface area contributed by atoms with Crippen LogP contribution in [0.4, 0.5) is 0 Å². The number of aliphatic hydroxyl groups excluding tert-OH is 1. The van der Waals surface area contributed by atoms with Crippen LogP contribution in [0.1, 0.15) is 76.3 Å². The van der Waals surface area contributed by atoms with E-state index in [1.54, 1.807) is 0 Å². The fourth-order valence-corrected chi connectivity index (χ4v) is 4.34. The van der Waals surface area contributed by atoms with Crippen molar-refractivity contribution in [2.24, 2.45) is 5.92 Å². The maximum absolute atomic E-state index is 11.6. The number of unbranched alkanes of at least 4 members (excludes halogenated alkanes) is 2. The SMILES string of the molecule is C=C(C)[C@@H]1CCC(C)=C[C@H]1c1c(O)cc(CCCCC)cc1OC(=S)CC(=O)CO. The van der Waals surface area contributed by atoms with E-state index in [9.17, 15) is 9.90 Å². The highest BCUT2D eigenvalue weighted by Gasteiger charge is 2.31. The topological polar surface area (TPSA) is 66.8 Å². The number of hydrogen-bond acceptors (Lipinski definition) is 5. The smallest absolute Gasteiger partial charge is 0.174 e. The summed E-state index contributed by atoms with van der Waals surface area (Å²) < 4.78 is 5.94. The van der Waals surface area contributed by atoms with Crippen molar-refractivity contribution in [1.29, 1.82) is 0 Å². The first-order chi connectivity index (χ1) is 14.3. The van der Waals surface area contributed by atoms with Gasteiger partial charge in [0.25, 0.3) is 0 Å². The van der Waals surface area contributed by atoms with Gasteiger partial charge in [0.2, 0.25) is 0 Å². The van der Waals surface area contributed by atoms with E-state index in [0.29, 0.717) is 11.3 Å². The number of aliphatic hydroxyl groups is 1. The molecule has 2 rings (SSSR count). The molecule has 1 aliphatic carbocycles. The predicted octanol–water partition coefficient (Wildman–Crippen LogP) is 5.80. The normalized spacial score (nSPS) is 18.6. The lowest BCUT2D eigenvalue weighted by Gasteiger charge is -2.32. The number of aromatic hydroxyl groups is 1. The van der Waals surface area contributed by atoms with Crippen LogP contribution in [0.5, 0.6) is 11.5 Å². The number of rotatable bonds is 10. The molecule has 5 heteroatoms. The van der Waals surface area contributed by atoms with Crippen LogP contribution in [0, 0.1) is 5.92 Å². The first-order valence-electron chi connectivity index (χ1n) is 10.8. The molecule has 0 bridgehead atoms. The summed E-state index contributed by atoms with van der Waals surface area (Å²) in [6.07, 6.45) is 8.12. The molecule has 0 saturated heterocycles. The Morgan fingerprint density at radius 2 is 2.07 bits per heavy atom. The third-order valence-electron chi connectivity index (χ3n) is 5.70. The van der Waals surface area contributed by atoms with Crippen molar-refractivity contribution < 1.29 is 19.7 Å². The van der Waals surface area contributed by atoms with Crippen molar-refractivity contribution >= 4 is 23.1 Å². The van der Waals surface area contributed by atoms with Gasteiger partial charge in [-0.1, -0.05) is 43.6 Å². The second-order valence-corrected chi connectivity index (χ2v) is 8.82. The molecule has 1 aromatic carbocycles. The van der Waals surface area contributed by atoms with E-state index in [4.69, 9.17) is 22.1 Å². The van der Waals surface area contributed by atoms with Gasteiger partial charge in [0.05, 0.1) is 6.42 Å². The second-order valence-electron chi connectivity index (χ2n) is 8.36. The minimum Gasteiger partial charge on any atom is -0.507 e. The van der Waals surface area contributed by atoms with Crippen molar-refractivity contribution in [2.75, 3.05) is 6.61 Å². The molecule has 1 aliphatic rings. The number of carbonyl (C=O) groups is 1. The van der Waals surface area contributed by atoms with Crippen LogP contribution >= 0.6 is 12.2 Å². The Hall–Kier alpha value is -1.98. The number of phenolic OH excluding ortho intramolecular Hbond substituents is 1. The minimum atomic E-state index is -0.568. The lowest BCUT2D eigenvalue weighted by atomic mass is 9.73. The molecule has 2 N–H and O–H groups in total. The number of hydrogen-bond donors (Lipinski definition) is 2. The average molecular weight is 431 g/mol. The standard InChI is InChI=1S/C25H34O4S/c1-5-6-7-8-18-12-22(28)25(21-11-17(4)9-10-20(21)16(2)3)23(13-18)29-24(30)14-19(27)15-26/h11-13,20-21,26,28H,2,5-10,14-15H2,1,3-4H3/t20-,21+/m0/s1. The summed E-state index contributed by atoms with van der Waals surface area (Å²) in [5, 5.41) is 20.1. The van der Waals surface area contributed by atoms with Crippen LogP contribution in [-0.2, 0) is 11.2 Å². The van der Waals surface area contributed by atoms with Crippen molar-refractivity contribution in [1.82, 2.24) is 0 Å². The molecule has 1 aromatic rings. The van der Waals surface area contributed by atoms with E-state index in [1.165, 1.54) is 5.57 Å². The van der Waals surface area contributed by atoms with E-state index < -0.39 is 12.4 Å². The van der Waals surface area contributed by atoms with Gasteiger partial charge in [-0.3, -0.25) is 4.79 Å². The molecule has 164 valence electrons. The Morgan fingerprint density at radius 3 is 2.70 bits per heavy atom. The zero-order chi connectivity index (χ0) is 22.3. The van der Waals surface area contributed by atoms with Crippen molar-refractivity contribution in [3.8, 4) is 11.5 Å². The number of phenols is 1. The zero-order valence-electron chi connectivity index (χ0n) is 18.4. The van der Waals surface area contributed by atoms with E-state index in [-0.39, 0.29) is 29.1 Å². The Morgan fingerprint density at radius 1 is 1.33 bits per heavy atom. The molecule has 0 saturated carbocycles. The summed E-state index contributed by atoms with van der Waals surface area (Å²) in [6.45, 7) is 9.87. The molecule has 0 unspecified atom stereocenters. The predicted molar refractivity (Wildman–Crippen MR) is 125 cm³/mol. The number of carbonyl (C=O) groups excluding carboxylic acids is 1. The molecule has 0 amide bonds. The number of aryl methyl sites for hydroxylation is 1. The number of ketones is 1. The van der Waals surface area contributed by atoms with E-state index >= 15 is 0 Å². The van der Waals surface area contributed by atoms with Gasteiger partial charge in [0.15, 0.2) is 10.8 Å². The van der Waals surface area contributed by atoms with Crippen LogP contribution in [0.15, 0.2) is 35.9 Å². The highest BCUT2D eigenvalue weighted by molar-refractivity contribution is 7.80. The Bertz CT molecular complexity index is 825. The Kier molecular flexibility index (Phi) is 9.25. The first kappa shape index (κ1) is 24.3. The van der Waals surface area contributed by atoms with Gasteiger partial charge in [0, 0.05) is 11.5 Å². The summed E-state index contributed by atoms with van der Waals surface area (Å²) in [5.74, 6) is 0.433. The van der Waals surface area contributed by atoms with E-state index in [0.717, 1.165) is 49.7 Å². The van der Waals surface area contributed by atoms with Crippen LogP contribution in [-0.4, -0.2) is 27.7 Å². The Balaban J connectivity index is 2.48. The fraction of sp³-hybridized carbons (Fsp3) is 0.520. The number of Topliss-reactive ketones (excluding diaryl/α,β-unsaturated/α-hetero) is 1. The van der Waals surface area contributed by atoms with E-state index in [2.05, 4.69) is 26.5 Å². The molecule has 30 heavy (non-hydrogen) atoms. The van der Waals surface area contributed by atoms with Crippen molar-refractivity contribution in [3.63, 3.8) is 0 Å². The van der Waals surface area contributed by atoms with Crippen molar-refractivity contribution in [3.05, 3.63) is 47.1 Å². The molecular formula is C25H34O4S. The maximum Gasteiger partial charge on any atom is 0.174 e. The number of benzene rings is 1. The van der Waals surface area contributed by atoms with Crippen LogP contribution < -0.4 is 4.74 Å². The summed E-state index contributed by atoms with van der Waals surface area (Å²) >= 11 is 5.27. The van der Waals surface area contributed by atoms with Gasteiger partial charge in [-0.05, 0) is 75.4 Å². The molecular weight excluding hydrogens is 396 g/mol. The summed E-state index contributed by atoms with van der Waals surface area (Å²) in [7, 11) is 0. The Labute approximate surface area is 185 Å². The largest absolute Gasteiger partial charge is 0.507 e. The molecule has 0 fully saturated rings. The zero-order valence-corrected chi connectivity index (χ0v) is 19.2. The molecule has 0 heterocycles. The molecule has 0 spiro atoms. The molecule has 0 aromatic heterocycles. The van der Waals surface area contributed by atoms with Crippen molar-refractivity contribution in [2.45, 2.75) is 71.6 Å². The van der Waals surface area contributed by atoms with Crippen LogP contribution in [0.25, 0.3) is 0 Å². The second kappa shape index (κ2) is 11.4. The van der Waals surface area contributed by atoms with Gasteiger partial charge < -0.3 is 14.9 Å². The minimum absolute atomic E-state index is 0.0627. The monoisotopic (exact) mass is 430 g/mol. The van der Waals surface area contributed by atoms with Gasteiger partial charge in [-0.2, -0.15) is 0 Å². The average Bonchev–Trinajstić information content (AvgIpc) is 2.67. The highest BCUT2D eigenvalue weighted by atomic mass is 32.1. The van der Waals surface area contributed by atoms with Gasteiger partial charge >= 0.3 is 0 Å². The highest BCUT2D eigenvalue weighted by Crippen LogP contribution is 2.47. The quantitative estimate of drug-likeness (QED) is 0.279. The van der Waals surface area contributed by atoms with Gasteiger partial charge in [-0.25, -0.2) is 0 Å². The summed E-state index contributed by atoms with van der Waals surface area (Å²) in [4.78, 5) is 11.6. The van der Waals surface area contributed by atoms with Crippen LogP contribution in [0.2, 0.25) is 0 Å². The van der Waals surface area contributed by atoms with Gasteiger partial charge in [-0.15, -0.1) is 0 Å².